The molecule has 0 aliphatic carbocycles. The van der Waals surface area contributed by atoms with Gasteiger partial charge in [-0.25, -0.2) is 4.39 Å². The molecule has 0 aromatic heterocycles. The zero-order chi connectivity index (χ0) is 7.56. The van der Waals surface area contributed by atoms with Crippen molar-refractivity contribution in [3.8, 4) is 5.75 Å². The Bertz CT molecular complexity index is 237. The lowest BCUT2D eigenvalue weighted by Crippen LogP contribution is -1.91. The highest BCUT2D eigenvalue weighted by molar-refractivity contribution is 5.48. The molecular weight excluding hydrogens is 133 g/mol. The second-order valence-electron chi connectivity index (χ2n) is 1.89. The topological polar surface area (TPSA) is 32.3 Å². The normalized spacial score (nSPS) is 9.40. The molecule has 0 saturated heterocycles. The van der Waals surface area contributed by atoms with Crippen LogP contribution in [0.4, 0.5) is 10.1 Å². The van der Waals surface area contributed by atoms with E-state index in [2.05, 4.69) is 5.32 Å². The van der Waals surface area contributed by atoms with Crippen molar-refractivity contribution in [2.24, 2.45) is 0 Å². The molecular formula is C7H8FNO. The Balaban J connectivity index is 3.14. The van der Waals surface area contributed by atoms with Crippen LogP contribution in [-0.4, -0.2) is 12.2 Å². The van der Waals surface area contributed by atoms with Crippen LogP contribution in [0.5, 0.6) is 5.75 Å². The molecule has 1 rings (SSSR count). The third-order valence-electron chi connectivity index (χ3n) is 1.25. The number of halogens is 1. The van der Waals surface area contributed by atoms with Gasteiger partial charge in [0.2, 0.25) is 0 Å². The Hall–Kier alpha value is -1.25. The van der Waals surface area contributed by atoms with Gasteiger partial charge in [-0.1, -0.05) is 6.07 Å². The first kappa shape index (κ1) is 6.86. The Morgan fingerprint density at radius 1 is 1.50 bits per heavy atom. The van der Waals surface area contributed by atoms with Crippen molar-refractivity contribution in [1.29, 1.82) is 0 Å². The zero-order valence-electron chi connectivity index (χ0n) is 5.56. The standard InChI is InChI=1S/C7H8FNO/c1-9-5-3-2-4-6(10)7(5)8/h2-4,9-10H,1H3. The molecule has 0 radical (unpaired) electrons. The van der Waals surface area contributed by atoms with Gasteiger partial charge in [0.1, 0.15) is 0 Å². The zero-order valence-corrected chi connectivity index (χ0v) is 5.56. The van der Waals surface area contributed by atoms with Crippen molar-refractivity contribution in [2.75, 3.05) is 12.4 Å². The van der Waals surface area contributed by atoms with Crippen molar-refractivity contribution < 1.29 is 9.50 Å². The van der Waals surface area contributed by atoms with Gasteiger partial charge in [-0.3, -0.25) is 0 Å². The average molecular weight is 141 g/mol. The maximum absolute atomic E-state index is 12.7. The molecule has 0 saturated carbocycles. The maximum Gasteiger partial charge on any atom is 0.187 e. The predicted octanol–water partition coefficient (Wildman–Crippen LogP) is 1.57. The van der Waals surface area contributed by atoms with Crippen molar-refractivity contribution >= 4 is 5.69 Å². The lowest BCUT2D eigenvalue weighted by molar-refractivity contribution is 0.434. The molecule has 0 amide bonds. The van der Waals surface area contributed by atoms with Crippen LogP contribution in [0.25, 0.3) is 0 Å². The van der Waals surface area contributed by atoms with Gasteiger partial charge in [-0.05, 0) is 12.1 Å². The molecule has 0 heterocycles. The summed E-state index contributed by atoms with van der Waals surface area (Å²) in [6.45, 7) is 0. The predicted molar refractivity (Wildman–Crippen MR) is 37.6 cm³/mol. The number of hydrogen-bond donors (Lipinski definition) is 2. The Labute approximate surface area is 58.3 Å². The van der Waals surface area contributed by atoms with Gasteiger partial charge in [0.25, 0.3) is 0 Å². The highest BCUT2D eigenvalue weighted by Gasteiger charge is 2.02. The number of phenols is 1. The SMILES string of the molecule is CNc1cccc(O)c1F. The van der Waals surface area contributed by atoms with Crippen LogP contribution in [0.3, 0.4) is 0 Å². The van der Waals surface area contributed by atoms with Gasteiger partial charge >= 0.3 is 0 Å². The fourth-order valence-corrected chi connectivity index (χ4v) is 0.713. The largest absolute Gasteiger partial charge is 0.505 e. The molecule has 1 aromatic carbocycles. The summed E-state index contributed by atoms with van der Waals surface area (Å²) in [5.74, 6) is -0.933. The first-order valence-electron chi connectivity index (χ1n) is 2.91. The van der Waals surface area contributed by atoms with Crippen LogP contribution in [-0.2, 0) is 0 Å². The van der Waals surface area contributed by atoms with Crippen molar-refractivity contribution in [3.63, 3.8) is 0 Å². The summed E-state index contributed by atoms with van der Waals surface area (Å²) in [5, 5.41) is 11.4. The molecule has 1 aromatic rings. The second kappa shape index (κ2) is 2.56. The number of anilines is 1. The highest BCUT2D eigenvalue weighted by Crippen LogP contribution is 2.21. The molecule has 2 N–H and O–H groups in total. The number of phenolic OH excluding ortho intramolecular Hbond substituents is 1. The van der Waals surface area contributed by atoms with Gasteiger partial charge in [-0.2, -0.15) is 0 Å². The molecule has 0 atom stereocenters. The monoisotopic (exact) mass is 141 g/mol. The smallest absolute Gasteiger partial charge is 0.187 e. The minimum absolute atomic E-state index is 0.306. The van der Waals surface area contributed by atoms with Crippen molar-refractivity contribution in [2.45, 2.75) is 0 Å². The summed E-state index contributed by atoms with van der Waals surface area (Å²) in [6, 6.07) is 4.43. The van der Waals surface area contributed by atoms with E-state index in [1.54, 1.807) is 19.2 Å². The maximum atomic E-state index is 12.7. The van der Waals surface area contributed by atoms with Crippen LogP contribution in [0.1, 0.15) is 0 Å². The first-order valence-corrected chi connectivity index (χ1v) is 2.91. The van der Waals surface area contributed by atoms with Crippen LogP contribution >= 0.6 is 0 Å². The van der Waals surface area contributed by atoms with E-state index < -0.39 is 5.82 Å². The molecule has 3 heteroatoms. The van der Waals surface area contributed by atoms with Gasteiger partial charge in [0.05, 0.1) is 5.69 Å². The highest BCUT2D eigenvalue weighted by atomic mass is 19.1. The van der Waals surface area contributed by atoms with Crippen molar-refractivity contribution in [1.82, 2.24) is 0 Å². The number of hydrogen-bond acceptors (Lipinski definition) is 2. The molecule has 0 bridgehead atoms. The molecule has 0 spiro atoms. The molecule has 54 valence electrons. The summed E-state index contributed by atoms with van der Waals surface area (Å²) < 4.78 is 12.7. The number of nitrogens with one attached hydrogen (secondary N) is 1. The van der Waals surface area contributed by atoms with E-state index in [9.17, 15) is 4.39 Å². The van der Waals surface area contributed by atoms with Gasteiger partial charge in [-0.15, -0.1) is 0 Å². The van der Waals surface area contributed by atoms with E-state index in [1.807, 2.05) is 0 Å². The van der Waals surface area contributed by atoms with Crippen LogP contribution in [0, 0.1) is 5.82 Å². The van der Waals surface area contributed by atoms with Crippen LogP contribution in [0.15, 0.2) is 18.2 Å². The van der Waals surface area contributed by atoms with Crippen LogP contribution in [0.2, 0.25) is 0 Å². The number of benzene rings is 1. The lowest BCUT2D eigenvalue weighted by atomic mass is 10.3. The Kier molecular flexibility index (Phi) is 1.76. The fourth-order valence-electron chi connectivity index (χ4n) is 0.713. The van der Waals surface area contributed by atoms with Gasteiger partial charge < -0.3 is 10.4 Å². The van der Waals surface area contributed by atoms with E-state index in [1.165, 1.54) is 6.07 Å². The van der Waals surface area contributed by atoms with Gasteiger partial charge in [0, 0.05) is 7.05 Å². The quantitative estimate of drug-likeness (QED) is 0.622. The second-order valence-corrected chi connectivity index (χ2v) is 1.89. The van der Waals surface area contributed by atoms with E-state index in [0.29, 0.717) is 5.69 Å². The molecule has 0 aliphatic rings. The van der Waals surface area contributed by atoms with E-state index in [0.717, 1.165) is 0 Å². The lowest BCUT2D eigenvalue weighted by Gasteiger charge is -2.01. The minimum Gasteiger partial charge on any atom is -0.505 e. The third kappa shape index (κ3) is 1.03. The molecule has 2 nitrogen and oxygen atoms in total. The van der Waals surface area contributed by atoms with Gasteiger partial charge in [0.15, 0.2) is 11.6 Å². The third-order valence-corrected chi connectivity index (χ3v) is 1.25. The number of aromatic hydroxyl groups is 1. The Morgan fingerprint density at radius 2 is 2.20 bits per heavy atom. The minimum atomic E-state index is -0.606. The summed E-state index contributed by atoms with van der Waals surface area (Å²) in [5.41, 5.74) is 0.306. The van der Waals surface area contributed by atoms with E-state index in [4.69, 9.17) is 5.11 Å². The van der Waals surface area contributed by atoms with Crippen molar-refractivity contribution in [3.05, 3.63) is 24.0 Å². The molecule has 10 heavy (non-hydrogen) atoms. The molecule has 0 unspecified atom stereocenters. The van der Waals surface area contributed by atoms with E-state index >= 15 is 0 Å². The summed E-state index contributed by atoms with van der Waals surface area (Å²) in [6.07, 6.45) is 0. The Morgan fingerprint density at radius 3 is 2.70 bits per heavy atom. The first-order chi connectivity index (χ1) is 4.75. The fraction of sp³-hybridized carbons (Fsp3) is 0.143. The summed E-state index contributed by atoms with van der Waals surface area (Å²) in [4.78, 5) is 0. The van der Waals surface area contributed by atoms with E-state index in [-0.39, 0.29) is 5.75 Å². The summed E-state index contributed by atoms with van der Waals surface area (Å²) in [7, 11) is 1.60. The number of rotatable bonds is 1. The van der Waals surface area contributed by atoms with Crippen LogP contribution < -0.4 is 5.32 Å². The molecule has 0 fully saturated rings. The average Bonchev–Trinajstić information content (AvgIpc) is 1.95. The summed E-state index contributed by atoms with van der Waals surface area (Å²) >= 11 is 0. The molecule has 0 aliphatic heterocycles.